The van der Waals surface area contributed by atoms with Crippen molar-refractivity contribution in [2.75, 3.05) is 6.54 Å². The van der Waals surface area contributed by atoms with Gasteiger partial charge in [-0.1, -0.05) is 11.6 Å². The van der Waals surface area contributed by atoms with Crippen molar-refractivity contribution in [1.29, 1.82) is 0 Å². The zero-order chi connectivity index (χ0) is 18.1. The second kappa shape index (κ2) is 6.72. The molecule has 1 amide bonds. The Labute approximate surface area is 142 Å². The number of carboxylic acid groups (broad SMARTS) is 2. The summed E-state index contributed by atoms with van der Waals surface area (Å²) in [7, 11) is 0. The molecule has 1 aliphatic heterocycles. The monoisotopic (exact) mass is 358 g/mol. The lowest BCUT2D eigenvalue weighted by Crippen LogP contribution is -2.51. The maximum absolute atomic E-state index is 14.3. The lowest BCUT2D eigenvalue weighted by molar-refractivity contribution is -0.153. The first-order valence-corrected chi connectivity index (χ1v) is 7.61. The molecule has 2 N–H and O–H groups in total. The fourth-order valence-electron chi connectivity index (χ4n) is 3.14. The molecular formula is C15H16ClFN2O5. The molecule has 1 aromatic rings. The molecule has 0 spiro atoms. The smallest absolute Gasteiger partial charge is 0.407 e. The highest BCUT2D eigenvalue weighted by molar-refractivity contribution is 6.29. The average molecular weight is 359 g/mol. The number of halogens is 2. The van der Waals surface area contributed by atoms with E-state index in [1.807, 2.05) is 0 Å². The number of hydrogen-bond donors (Lipinski definition) is 2. The summed E-state index contributed by atoms with van der Waals surface area (Å²) >= 11 is 5.77. The zero-order valence-corrected chi connectivity index (χ0v) is 13.6. The molecule has 1 fully saturated rings. The fourth-order valence-corrected chi connectivity index (χ4v) is 3.36. The minimum absolute atomic E-state index is 0.0126. The molecule has 2 rings (SSSR count). The highest BCUT2D eigenvalue weighted by Crippen LogP contribution is 2.39. The van der Waals surface area contributed by atoms with E-state index in [1.54, 1.807) is 6.92 Å². The number of aromatic nitrogens is 1. The highest BCUT2D eigenvalue weighted by Gasteiger charge is 2.46. The van der Waals surface area contributed by atoms with E-state index in [0.717, 1.165) is 11.0 Å². The van der Waals surface area contributed by atoms with Crippen molar-refractivity contribution in [3.05, 3.63) is 28.3 Å². The van der Waals surface area contributed by atoms with E-state index >= 15 is 0 Å². The van der Waals surface area contributed by atoms with Crippen molar-refractivity contribution in [3.63, 3.8) is 0 Å². The van der Waals surface area contributed by atoms with Crippen LogP contribution in [-0.4, -0.2) is 51.0 Å². The Morgan fingerprint density at radius 2 is 2.21 bits per heavy atom. The summed E-state index contributed by atoms with van der Waals surface area (Å²) < 4.78 is 14.3. The number of carbonyl (C=O) groups is 3. The standard InChI is InChI=1S/C15H16ClFN2O5/c1-8-5-15(13(21)22,2-3-19(8)14(23)24)6-10-12(17)9(7-20)4-11(16)18-10/h4,7-8H,2-3,5-6H2,1H3,(H,21,22)(H,23,24)/t8-,15?/m1/s1. The third kappa shape index (κ3) is 3.33. The predicted octanol–water partition coefficient (Wildman–Crippen LogP) is 2.46. The van der Waals surface area contributed by atoms with Crippen molar-refractivity contribution in [1.82, 2.24) is 9.88 Å². The van der Waals surface area contributed by atoms with Crippen LogP contribution < -0.4 is 0 Å². The van der Waals surface area contributed by atoms with Crippen molar-refractivity contribution in [2.45, 2.75) is 32.2 Å². The van der Waals surface area contributed by atoms with E-state index in [-0.39, 0.29) is 48.5 Å². The molecule has 0 aromatic carbocycles. The van der Waals surface area contributed by atoms with Gasteiger partial charge >= 0.3 is 12.1 Å². The molecule has 2 atom stereocenters. The average Bonchev–Trinajstić information content (AvgIpc) is 2.50. The van der Waals surface area contributed by atoms with Gasteiger partial charge in [-0.2, -0.15) is 0 Å². The number of aldehydes is 1. The third-order valence-corrected chi connectivity index (χ3v) is 4.60. The van der Waals surface area contributed by atoms with Gasteiger partial charge in [-0.05, 0) is 25.8 Å². The van der Waals surface area contributed by atoms with Gasteiger partial charge in [-0.25, -0.2) is 14.2 Å². The quantitative estimate of drug-likeness (QED) is 0.632. The number of likely N-dealkylation sites (tertiary alicyclic amines) is 1. The van der Waals surface area contributed by atoms with E-state index in [4.69, 9.17) is 16.7 Å². The molecule has 1 unspecified atom stereocenters. The molecule has 0 radical (unpaired) electrons. The van der Waals surface area contributed by atoms with Gasteiger partial charge in [0.2, 0.25) is 0 Å². The minimum Gasteiger partial charge on any atom is -0.481 e. The van der Waals surface area contributed by atoms with Crippen molar-refractivity contribution >= 4 is 29.9 Å². The summed E-state index contributed by atoms with van der Waals surface area (Å²) in [6.07, 6.45) is -1.08. The highest BCUT2D eigenvalue weighted by atomic mass is 35.5. The Kier molecular flexibility index (Phi) is 5.08. The number of carboxylic acids is 1. The van der Waals surface area contributed by atoms with Gasteiger partial charge in [0.25, 0.3) is 0 Å². The van der Waals surface area contributed by atoms with Gasteiger partial charge in [0.15, 0.2) is 12.1 Å². The second-order valence-electron chi connectivity index (χ2n) is 5.95. The fraction of sp³-hybridized carbons (Fsp3) is 0.467. The molecule has 0 bridgehead atoms. The van der Waals surface area contributed by atoms with Crippen LogP contribution in [0.25, 0.3) is 0 Å². The Bertz CT molecular complexity index is 699. The summed E-state index contributed by atoms with van der Waals surface area (Å²) in [5, 5.41) is 18.7. The minimum atomic E-state index is -1.37. The molecule has 1 aliphatic rings. The molecule has 9 heteroatoms. The number of carbonyl (C=O) groups excluding carboxylic acids is 1. The Balaban J connectivity index is 2.37. The molecule has 130 valence electrons. The predicted molar refractivity (Wildman–Crippen MR) is 81.8 cm³/mol. The summed E-state index contributed by atoms with van der Waals surface area (Å²) in [6.45, 7) is 1.62. The number of hydrogen-bond acceptors (Lipinski definition) is 4. The number of amides is 1. The van der Waals surface area contributed by atoms with E-state index in [1.165, 1.54) is 0 Å². The first-order valence-electron chi connectivity index (χ1n) is 7.23. The zero-order valence-electron chi connectivity index (χ0n) is 12.8. The number of piperidine rings is 1. The van der Waals surface area contributed by atoms with Crippen LogP contribution in [0.15, 0.2) is 6.07 Å². The number of nitrogens with zero attached hydrogens (tertiary/aromatic N) is 2. The third-order valence-electron chi connectivity index (χ3n) is 4.40. The van der Waals surface area contributed by atoms with Gasteiger partial charge in [0.05, 0.1) is 16.7 Å². The first-order chi connectivity index (χ1) is 11.2. The van der Waals surface area contributed by atoms with Crippen LogP contribution >= 0.6 is 11.6 Å². The van der Waals surface area contributed by atoms with E-state index in [0.29, 0.717) is 0 Å². The number of aliphatic carboxylic acids is 1. The lowest BCUT2D eigenvalue weighted by Gasteiger charge is -2.41. The first kappa shape index (κ1) is 18.1. The molecule has 7 nitrogen and oxygen atoms in total. The largest absolute Gasteiger partial charge is 0.481 e. The SMILES string of the molecule is C[C@@H]1CC(Cc2nc(Cl)cc(C=O)c2F)(C(=O)O)CCN1C(=O)O. The number of rotatable bonds is 4. The van der Waals surface area contributed by atoms with Gasteiger partial charge in [-0.15, -0.1) is 0 Å². The molecule has 1 saturated heterocycles. The van der Waals surface area contributed by atoms with Crippen LogP contribution in [0.1, 0.15) is 35.8 Å². The molecular weight excluding hydrogens is 343 g/mol. The molecule has 24 heavy (non-hydrogen) atoms. The molecule has 1 aromatic heterocycles. The lowest BCUT2D eigenvalue weighted by atomic mass is 9.72. The van der Waals surface area contributed by atoms with Crippen LogP contribution in [0.2, 0.25) is 5.15 Å². The Hall–Kier alpha value is -2.22. The Morgan fingerprint density at radius 3 is 2.71 bits per heavy atom. The van der Waals surface area contributed by atoms with Crippen molar-refractivity contribution < 1.29 is 29.0 Å². The second-order valence-corrected chi connectivity index (χ2v) is 6.34. The number of pyridine rings is 1. The van der Waals surface area contributed by atoms with E-state index < -0.39 is 29.3 Å². The van der Waals surface area contributed by atoms with Crippen LogP contribution in [0.3, 0.4) is 0 Å². The summed E-state index contributed by atoms with van der Waals surface area (Å²) in [6, 6.07) is 0.524. The molecule has 2 heterocycles. The summed E-state index contributed by atoms with van der Waals surface area (Å²) in [4.78, 5) is 38.8. The van der Waals surface area contributed by atoms with Crippen LogP contribution in [-0.2, 0) is 11.2 Å². The normalized spacial score (nSPS) is 23.8. The Morgan fingerprint density at radius 1 is 1.54 bits per heavy atom. The maximum atomic E-state index is 14.3. The van der Waals surface area contributed by atoms with Crippen LogP contribution in [0.5, 0.6) is 0 Å². The van der Waals surface area contributed by atoms with E-state index in [9.17, 15) is 23.9 Å². The topological polar surface area (TPSA) is 108 Å². The maximum Gasteiger partial charge on any atom is 0.407 e. The van der Waals surface area contributed by atoms with Gasteiger partial charge < -0.3 is 15.1 Å². The summed E-state index contributed by atoms with van der Waals surface area (Å²) in [5.41, 5.74) is -1.87. The van der Waals surface area contributed by atoms with Gasteiger partial charge in [0, 0.05) is 19.0 Å². The molecule has 0 aliphatic carbocycles. The van der Waals surface area contributed by atoms with Gasteiger partial charge in [0.1, 0.15) is 5.15 Å². The van der Waals surface area contributed by atoms with Crippen LogP contribution in [0.4, 0.5) is 9.18 Å². The van der Waals surface area contributed by atoms with E-state index in [2.05, 4.69) is 4.98 Å². The van der Waals surface area contributed by atoms with Gasteiger partial charge in [-0.3, -0.25) is 9.59 Å². The van der Waals surface area contributed by atoms with Crippen LogP contribution in [0, 0.1) is 11.2 Å². The summed E-state index contributed by atoms with van der Waals surface area (Å²) in [5.74, 6) is -2.06. The van der Waals surface area contributed by atoms with Crippen molar-refractivity contribution in [3.8, 4) is 0 Å². The molecule has 0 saturated carbocycles. The van der Waals surface area contributed by atoms with Crippen molar-refractivity contribution in [2.24, 2.45) is 5.41 Å².